The maximum atomic E-state index is 10.7. The zero-order chi connectivity index (χ0) is 11.4. The van der Waals surface area contributed by atoms with Gasteiger partial charge in [-0.3, -0.25) is 9.78 Å². The molecule has 86 valence electrons. The fourth-order valence-electron chi connectivity index (χ4n) is 2.26. The lowest BCUT2D eigenvalue weighted by Gasteiger charge is -2.29. The van der Waals surface area contributed by atoms with E-state index in [9.17, 15) is 4.79 Å². The van der Waals surface area contributed by atoms with Gasteiger partial charge in [-0.15, -0.1) is 0 Å². The van der Waals surface area contributed by atoms with Crippen LogP contribution in [-0.4, -0.2) is 28.6 Å². The molecule has 1 fully saturated rings. The average molecular weight is 220 g/mol. The van der Waals surface area contributed by atoms with Gasteiger partial charge in [0.1, 0.15) is 0 Å². The minimum absolute atomic E-state index is 0.0817. The number of aromatic nitrogens is 1. The van der Waals surface area contributed by atoms with E-state index in [2.05, 4.69) is 10.3 Å². The summed E-state index contributed by atoms with van der Waals surface area (Å²) >= 11 is 0. The van der Waals surface area contributed by atoms with Gasteiger partial charge in [0.25, 0.3) is 0 Å². The van der Waals surface area contributed by atoms with Gasteiger partial charge in [-0.1, -0.05) is 6.07 Å². The maximum Gasteiger partial charge on any atom is 0.304 e. The molecule has 1 saturated heterocycles. The lowest BCUT2D eigenvalue weighted by Crippen LogP contribution is -2.38. The molecule has 2 heterocycles. The molecular formula is C12H16N2O2. The van der Waals surface area contributed by atoms with Gasteiger partial charge in [0.15, 0.2) is 0 Å². The molecule has 2 N–H and O–H groups in total. The van der Waals surface area contributed by atoms with Crippen LogP contribution in [0.5, 0.6) is 0 Å². The van der Waals surface area contributed by atoms with Gasteiger partial charge in [-0.2, -0.15) is 0 Å². The number of piperidine rings is 1. The number of carboxylic acid groups (broad SMARTS) is 1. The third kappa shape index (κ3) is 2.79. The van der Waals surface area contributed by atoms with E-state index in [-0.39, 0.29) is 12.5 Å². The number of pyridine rings is 1. The smallest absolute Gasteiger partial charge is 0.304 e. The summed E-state index contributed by atoms with van der Waals surface area (Å²) in [5, 5.41) is 12.0. The third-order valence-electron chi connectivity index (χ3n) is 3.02. The molecule has 0 saturated carbocycles. The van der Waals surface area contributed by atoms with Gasteiger partial charge in [0.05, 0.1) is 6.42 Å². The van der Waals surface area contributed by atoms with Gasteiger partial charge in [-0.25, -0.2) is 0 Å². The first kappa shape index (κ1) is 11.1. The molecule has 4 nitrogen and oxygen atoms in total. The number of hydrogen-bond acceptors (Lipinski definition) is 3. The molecule has 1 aromatic rings. The van der Waals surface area contributed by atoms with Crippen LogP contribution in [0.15, 0.2) is 24.4 Å². The molecule has 2 atom stereocenters. The second-order valence-electron chi connectivity index (χ2n) is 4.22. The van der Waals surface area contributed by atoms with Gasteiger partial charge < -0.3 is 10.4 Å². The molecule has 1 aromatic heterocycles. The number of nitrogens with one attached hydrogen (secondary N) is 1. The number of rotatable bonds is 3. The summed E-state index contributed by atoms with van der Waals surface area (Å²) in [4.78, 5) is 15.0. The van der Waals surface area contributed by atoms with Crippen molar-refractivity contribution in [3.63, 3.8) is 0 Å². The largest absolute Gasteiger partial charge is 0.481 e. The molecule has 2 unspecified atom stereocenters. The van der Waals surface area contributed by atoms with Gasteiger partial charge >= 0.3 is 5.97 Å². The van der Waals surface area contributed by atoms with Crippen molar-refractivity contribution in [1.29, 1.82) is 0 Å². The molecule has 4 heteroatoms. The minimum Gasteiger partial charge on any atom is -0.481 e. The first-order chi connectivity index (χ1) is 7.75. The molecule has 2 rings (SSSR count). The van der Waals surface area contributed by atoms with Crippen molar-refractivity contribution in [2.24, 2.45) is 0 Å². The number of hydrogen-bond donors (Lipinski definition) is 2. The van der Waals surface area contributed by atoms with Crippen LogP contribution in [0.25, 0.3) is 0 Å². The average Bonchev–Trinajstić information content (AvgIpc) is 2.30. The highest BCUT2D eigenvalue weighted by Crippen LogP contribution is 2.26. The van der Waals surface area contributed by atoms with Gasteiger partial charge in [-0.05, 0) is 31.5 Å². The molecule has 16 heavy (non-hydrogen) atoms. The quantitative estimate of drug-likeness (QED) is 0.808. The van der Waals surface area contributed by atoms with Crippen LogP contribution in [0.4, 0.5) is 0 Å². The molecule has 0 spiro atoms. The zero-order valence-corrected chi connectivity index (χ0v) is 9.10. The van der Waals surface area contributed by atoms with E-state index in [0.717, 1.165) is 25.1 Å². The van der Waals surface area contributed by atoms with Crippen LogP contribution in [0.1, 0.15) is 30.9 Å². The van der Waals surface area contributed by atoms with Crippen molar-refractivity contribution < 1.29 is 9.90 Å². The molecule has 0 aromatic carbocycles. The highest BCUT2D eigenvalue weighted by Gasteiger charge is 2.24. The van der Waals surface area contributed by atoms with Gasteiger partial charge in [0, 0.05) is 23.9 Å². The maximum absolute atomic E-state index is 10.7. The number of carboxylic acids is 1. The van der Waals surface area contributed by atoms with E-state index in [0.29, 0.717) is 5.92 Å². The third-order valence-corrected chi connectivity index (χ3v) is 3.02. The summed E-state index contributed by atoms with van der Waals surface area (Å²) in [5.41, 5.74) is 1.08. The van der Waals surface area contributed by atoms with Crippen LogP contribution < -0.4 is 5.32 Å². The predicted octanol–water partition coefficient (Wildman–Crippen LogP) is 1.39. The second-order valence-corrected chi connectivity index (χ2v) is 4.22. The lowest BCUT2D eigenvalue weighted by atomic mass is 9.88. The Morgan fingerprint density at radius 3 is 3.12 bits per heavy atom. The topological polar surface area (TPSA) is 62.2 Å². The Balaban J connectivity index is 1.99. The Morgan fingerprint density at radius 2 is 2.44 bits per heavy atom. The molecule has 0 radical (unpaired) electrons. The second kappa shape index (κ2) is 5.07. The van der Waals surface area contributed by atoms with E-state index in [1.54, 1.807) is 6.20 Å². The molecule has 0 amide bonds. The number of aliphatic carboxylic acids is 1. The summed E-state index contributed by atoms with van der Waals surface area (Å²) in [6.45, 7) is 0.874. The standard InChI is InChI=1S/C12H16N2O2/c15-12(16)8-10-7-9(4-6-13-10)11-3-1-2-5-14-11/h1-3,5,9-10,13H,4,6-8H2,(H,15,16). The summed E-state index contributed by atoms with van der Waals surface area (Å²) in [7, 11) is 0. The molecule has 1 aliphatic rings. The highest BCUT2D eigenvalue weighted by atomic mass is 16.4. The van der Waals surface area contributed by atoms with Crippen molar-refractivity contribution in [1.82, 2.24) is 10.3 Å². The molecule has 1 aliphatic heterocycles. The monoisotopic (exact) mass is 220 g/mol. The van der Waals surface area contributed by atoms with Crippen molar-refractivity contribution in [2.75, 3.05) is 6.54 Å². The lowest BCUT2D eigenvalue weighted by molar-refractivity contribution is -0.137. The number of carbonyl (C=O) groups is 1. The first-order valence-corrected chi connectivity index (χ1v) is 5.62. The first-order valence-electron chi connectivity index (χ1n) is 5.62. The number of nitrogens with zero attached hydrogens (tertiary/aromatic N) is 1. The Labute approximate surface area is 94.7 Å². The van der Waals surface area contributed by atoms with E-state index >= 15 is 0 Å². The Morgan fingerprint density at radius 1 is 1.56 bits per heavy atom. The van der Waals surface area contributed by atoms with Crippen molar-refractivity contribution >= 4 is 5.97 Å². The highest BCUT2D eigenvalue weighted by molar-refractivity contribution is 5.67. The van der Waals surface area contributed by atoms with Crippen LogP contribution in [0.2, 0.25) is 0 Å². The van der Waals surface area contributed by atoms with Crippen molar-refractivity contribution in [3.05, 3.63) is 30.1 Å². The molecule has 0 bridgehead atoms. The normalized spacial score (nSPS) is 25.2. The Hall–Kier alpha value is -1.42. The minimum atomic E-state index is -0.737. The molecular weight excluding hydrogens is 204 g/mol. The predicted molar refractivity (Wildman–Crippen MR) is 60.3 cm³/mol. The SMILES string of the molecule is O=C(O)CC1CC(c2ccccn2)CCN1. The zero-order valence-electron chi connectivity index (χ0n) is 9.10. The fourth-order valence-corrected chi connectivity index (χ4v) is 2.26. The van der Waals surface area contributed by atoms with Gasteiger partial charge in [0.2, 0.25) is 0 Å². The van der Waals surface area contributed by atoms with Crippen LogP contribution >= 0.6 is 0 Å². The van der Waals surface area contributed by atoms with Crippen LogP contribution in [0, 0.1) is 0 Å². The van der Waals surface area contributed by atoms with Crippen LogP contribution in [-0.2, 0) is 4.79 Å². The summed E-state index contributed by atoms with van der Waals surface area (Å²) < 4.78 is 0. The van der Waals surface area contributed by atoms with E-state index < -0.39 is 5.97 Å². The molecule has 0 aliphatic carbocycles. The summed E-state index contributed by atoms with van der Waals surface area (Å²) in [6, 6.07) is 5.99. The van der Waals surface area contributed by atoms with Crippen molar-refractivity contribution in [2.45, 2.75) is 31.2 Å². The van der Waals surface area contributed by atoms with Crippen LogP contribution in [0.3, 0.4) is 0 Å². The van der Waals surface area contributed by atoms with E-state index in [1.807, 2.05) is 18.2 Å². The fraction of sp³-hybridized carbons (Fsp3) is 0.500. The summed E-state index contributed by atoms with van der Waals surface area (Å²) in [6.07, 6.45) is 3.89. The Kier molecular flexibility index (Phi) is 3.51. The Bertz CT molecular complexity index is 353. The van der Waals surface area contributed by atoms with E-state index in [4.69, 9.17) is 5.11 Å². The summed E-state index contributed by atoms with van der Waals surface area (Å²) in [5.74, 6) is -0.342. The van der Waals surface area contributed by atoms with Crippen molar-refractivity contribution in [3.8, 4) is 0 Å². The van der Waals surface area contributed by atoms with E-state index in [1.165, 1.54) is 0 Å².